The number of benzene rings is 2. The fourth-order valence-corrected chi connectivity index (χ4v) is 5.66. The fourth-order valence-electron chi connectivity index (χ4n) is 4.88. The molecule has 3 aromatic rings. The van der Waals surface area contributed by atoms with E-state index in [2.05, 4.69) is 15.5 Å². The summed E-state index contributed by atoms with van der Waals surface area (Å²) in [5.41, 5.74) is 3.07. The third-order valence-electron chi connectivity index (χ3n) is 6.80. The molecule has 2 heterocycles. The molecule has 0 unspecified atom stereocenters. The molecule has 5 rings (SSSR count). The highest BCUT2D eigenvalue weighted by atomic mass is 32.1. The molecule has 1 aliphatic heterocycles. The summed E-state index contributed by atoms with van der Waals surface area (Å²) in [5, 5.41) is 12.8. The molecule has 7 nitrogen and oxygen atoms in total. The average Bonchev–Trinajstić information content (AvgIpc) is 3.43. The van der Waals surface area contributed by atoms with E-state index < -0.39 is 0 Å². The topological polar surface area (TPSA) is 84.4 Å². The van der Waals surface area contributed by atoms with Crippen LogP contribution in [0.4, 0.5) is 5.13 Å². The number of nitrogens with one attached hydrogen (secondary N) is 1. The number of carbonyl (C=O) groups excluding carboxylic acids is 2. The molecule has 0 saturated heterocycles. The zero-order valence-electron chi connectivity index (χ0n) is 19.2. The van der Waals surface area contributed by atoms with Crippen molar-refractivity contribution in [2.45, 2.75) is 38.6 Å². The molecule has 1 aliphatic carbocycles. The van der Waals surface area contributed by atoms with Gasteiger partial charge in [0.2, 0.25) is 11.0 Å². The largest absolute Gasteiger partial charge is 0.497 e. The standard InChI is InChI=1S/C26H28N4O3S/c1-33-21-12-8-17(9-13-21)14-23-28-29-26(34-23)27-24(31)19-10-6-18(7-11-19)15-30-16-20-4-2-3-5-22(20)25(30)32/h2-5,8-9,12-13,18-19H,6-7,10-11,14-16H2,1H3,(H,27,29,31). The van der Waals surface area contributed by atoms with E-state index in [9.17, 15) is 9.59 Å². The average molecular weight is 477 g/mol. The van der Waals surface area contributed by atoms with Gasteiger partial charge in [0, 0.05) is 31.0 Å². The summed E-state index contributed by atoms with van der Waals surface area (Å²) in [4.78, 5) is 27.4. The molecular weight excluding hydrogens is 448 g/mol. The number of hydrogen-bond acceptors (Lipinski definition) is 6. The van der Waals surface area contributed by atoms with E-state index in [-0.39, 0.29) is 17.7 Å². The molecule has 0 atom stereocenters. The number of fused-ring (bicyclic) bond motifs is 1. The summed E-state index contributed by atoms with van der Waals surface area (Å²) in [6, 6.07) is 15.7. The number of nitrogens with zero attached hydrogens (tertiary/aromatic N) is 3. The molecule has 34 heavy (non-hydrogen) atoms. The van der Waals surface area contributed by atoms with E-state index in [1.165, 1.54) is 11.3 Å². The Labute approximate surface area is 203 Å². The Bertz CT molecular complexity index is 1170. The first-order chi connectivity index (χ1) is 16.6. The van der Waals surface area contributed by atoms with E-state index in [0.29, 0.717) is 24.0 Å². The van der Waals surface area contributed by atoms with Crippen LogP contribution in [-0.2, 0) is 17.8 Å². The number of amides is 2. The van der Waals surface area contributed by atoms with Crippen molar-refractivity contribution in [2.24, 2.45) is 11.8 Å². The van der Waals surface area contributed by atoms with Crippen LogP contribution >= 0.6 is 11.3 Å². The Morgan fingerprint density at radius 2 is 1.85 bits per heavy atom. The van der Waals surface area contributed by atoms with Crippen LogP contribution in [0.25, 0.3) is 0 Å². The van der Waals surface area contributed by atoms with Gasteiger partial charge >= 0.3 is 0 Å². The van der Waals surface area contributed by atoms with Crippen molar-refractivity contribution in [2.75, 3.05) is 19.0 Å². The Morgan fingerprint density at radius 3 is 2.59 bits per heavy atom. The molecule has 1 aromatic heterocycles. The fraction of sp³-hybridized carbons (Fsp3) is 0.385. The van der Waals surface area contributed by atoms with E-state index in [4.69, 9.17) is 4.74 Å². The summed E-state index contributed by atoms with van der Waals surface area (Å²) in [6.45, 7) is 1.47. The predicted molar refractivity (Wildman–Crippen MR) is 131 cm³/mol. The number of ether oxygens (including phenoxy) is 1. The highest BCUT2D eigenvalue weighted by Crippen LogP contribution is 2.33. The highest BCUT2D eigenvalue weighted by Gasteiger charge is 2.32. The molecule has 2 aromatic carbocycles. The van der Waals surface area contributed by atoms with Gasteiger partial charge in [0.25, 0.3) is 5.91 Å². The van der Waals surface area contributed by atoms with Crippen molar-refractivity contribution in [3.8, 4) is 5.75 Å². The lowest BCUT2D eigenvalue weighted by Crippen LogP contribution is -2.34. The lowest BCUT2D eigenvalue weighted by atomic mass is 9.81. The van der Waals surface area contributed by atoms with Crippen molar-refractivity contribution in [1.82, 2.24) is 15.1 Å². The Kier molecular flexibility index (Phi) is 6.58. The van der Waals surface area contributed by atoms with Crippen molar-refractivity contribution < 1.29 is 14.3 Å². The van der Waals surface area contributed by atoms with Crippen molar-refractivity contribution in [3.63, 3.8) is 0 Å². The summed E-state index contributed by atoms with van der Waals surface area (Å²) in [6.07, 6.45) is 4.25. The van der Waals surface area contributed by atoms with E-state index in [0.717, 1.165) is 59.7 Å². The molecular formula is C26H28N4O3S. The van der Waals surface area contributed by atoms with Gasteiger partial charge in [-0.2, -0.15) is 0 Å². The zero-order valence-corrected chi connectivity index (χ0v) is 20.0. The van der Waals surface area contributed by atoms with E-state index in [1.54, 1.807) is 7.11 Å². The molecule has 8 heteroatoms. The van der Waals surface area contributed by atoms with Crippen molar-refractivity contribution >= 4 is 28.3 Å². The Morgan fingerprint density at radius 1 is 1.09 bits per heavy atom. The maximum atomic E-state index is 12.8. The first-order valence-electron chi connectivity index (χ1n) is 11.7. The smallest absolute Gasteiger partial charge is 0.254 e. The second-order valence-corrected chi connectivity index (χ2v) is 10.1. The molecule has 1 N–H and O–H groups in total. The molecule has 1 saturated carbocycles. The molecule has 0 radical (unpaired) electrons. The third-order valence-corrected chi connectivity index (χ3v) is 7.64. The molecule has 1 fully saturated rings. The van der Waals surface area contributed by atoms with Crippen LogP contribution in [0.3, 0.4) is 0 Å². The number of rotatable bonds is 7. The zero-order chi connectivity index (χ0) is 23.5. The SMILES string of the molecule is COc1ccc(Cc2nnc(NC(=O)C3CCC(CN4Cc5ccccc5C4=O)CC3)s2)cc1. The van der Waals surface area contributed by atoms with Gasteiger partial charge in [-0.15, -0.1) is 10.2 Å². The first kappa shape index (κ1) is 22.5. The van der Waals surface area contributed by atoms with Crippen molar-refractivity contribution in [3.05, 3.63) is 70.2 Å². The predicted octanol–water partition coefficient (Wildman–Crippen LogP) is 4.54. The van der Waals surface area contributed by atoms with Gasteiger partial charge < -0.3 is 15.0 Å². The first-order valence-corrected chi connectivity index (χ1v) is 12.5. The summed E-state index contributed by atoms with van der Waals surface area (Å²) in [7, 11) is 1.65. The van der Waals surface area contributed by atoms with Crippen LogP contribution in [0.15, 0.2) is 48.5 Å². The lowest BCUT2D eigenvalue weighted by Gasteiger charge is -2.30. The monoisotopic (exact) mass is 476 g/mol. The quantitative estimate of drug-likeness (QED) is 0.541. The van der Waals surface area contributed by atoms with Gasteiger partial charge in [-0.3, -0.25) is 9.59 Å². The molecule has 2 amide bonds. The number of aromatic nitrogens is 2. The number of hydrogen-bond donors (Lipinski definition) is 1. The molecule has 176 valence electrons. The van der Waals surface area contributed by atoms with Crippen LogP contribution in [0, 0.1) is 11.8 Å². The minimum atomic E-state index is -0.0170. The van der Waals surface area contributed by atoms with E-state index >= 15 is 0 Å². The maximum Gasteiger partial charge on any atom is 0.254 e. The minimum absolute atomic E-state index is 0.0170. The van der Waals surface area contributed by atoms with Crippen LogP contribution in [0.2, 0.25) is 0 Å². The lowest BCUT2D eigenvalue weighted by molar-refractivity contribution is -0.121. The minimum Gasteiger partial charge on any atom is -0.497 e. The Hall–Kier alpha value is -3.26. The number of methoxy groups -OCH3 is 1. The van der Waals surface area contributed by atoms with Gasteiger partial charge in [0.05, 0.1) is 7.11 Å². The van der Waals surface area contributed by atoms with Gasteiger partial charge in [-0.1, -0.05) is 41.7 Å². The van der Waals surface area contributed by atoms with Crippen LogP contribution in [-0.4, -0.2) is 40.6 Å². The molecule has 0 bridgehead atoms. The van der Waals surface area contributed by atoms with Gasteiger partial charge in [-0.25, -0.2) is 0 Å². The normalized spacial score (nSPS) is 19.7. The van der Waals surface area contributed by atoms with Gasteiger partial charge in [-0.05, 0) is 60.9 Å². The van der Waals surface area contributed by atoms with Gasteiger partial charge in [0.1, 0.15) is 10.8 Å². The summed E-state index contributed by atoms with van der Waals surface area (Å²) >= 11 is 1.42. The van der Waals surface area contributed by atoms with Gasteiger partial charge in [0.15, 0.2) is 0 Å². The van der Waals surface area contributed by atoms with Crippen LogP contribution in [0.1, 0.15) is 52.2 Å². The second kappa shape index (κ2) is 9.93. The van der Waals surface area contributed by atoms with E-state index in [1.807, 2.05) is 53.4 Å². The molecule has 0 spiro atoms. The van der Waals surface area contributed by atoms with Crippen LogP contribution in [0.5, 0.6) is 5.75 Å². The summed E-state index contributed by atoms with van der Waals surface area (Å²) in [5.74, 6) is 1.41. The molecule has 2 aliphatic rings. The highest BCUT2D eigenvalue weighted by molar-refractivity contribution is 7.15. The van der Waals surface area contributed by atoms with Crippen LogP contribution < -0.4 is 10.1 Å². The third kappa shape index (κ3) is 4.97. The number of anilines is 1. The van der Waals surface area contributed by atoms with Crippen molar-refractivity contribution in [1.29, 1.82) is 0 Å². The number of carbonyl (C=O) groups is 2. The summed E-state index contributed by atoms with van der Waals surface area (Å²) < 4.78 is 5.19. The second-order valence-electron chi connectivity index (χ2n) is 9.08. The Balaban J connectivity index is 1.09. The maximum absolute atomic E-state index is 12.8.